The van der Waals surface area contributed by atoms with E-state index in [0.29, 0.717) is 17.8 Å². The zero-order valence-electron chi connectivity index (χ0n) is 13.3. The minimum absolute atomic E-state index is 0.104. The van der Waals surface area contributed by atoms with Crippen molar-refractivity contribution in [3.05, 3.63) is 40.2 Å². The van der Waals surface area contributed by atoms with Crippen LogP contribution in [-0.2, 0) is 16.1 Å². The Balaban J connectivity index is 2.34. The van der Waals surface area contributed by atoms with Crippen LogP contribution in [0.3, 0.4) is 0 Å². The van der Waals surface area contributed by atoms with Crippen LogP contribution in [0.15, 0.2) is 33.5 Å². The maximum Gasteiger partial charge on any atom is 0.336 e. The van der Waals surface area contributed by atoms with Crippen molar-refractivity contribution in [2.75, 3.05) is 26.0 Å². The van der Waals surface area contributed by atoms with Gasteiger partial charge in [0.2, 0.25) is 11.8 Å². The van der Waals surface area contributed by atoms with E-state index >= 15 is 0 Å². The molecule has 7 nitrogen and oxygen atoms in total. The molecular weight excluding hydrogens is 298 g/mol. The predicted molar refractivity (Wildman–Crippen MR) is 87.2 cm³/mol. The molecule has 0 unspecified atom stereocenters. The summed E-state index contributed by atoms with van der Waals surface area (Å²) in [4.78, 5) is 36.1. The summed E-state index contributed by atoms with van der Waals surface area (Å²) in [5.74, 6) is -0.305. The summed E-state index contributed by atoms with van der Waals surface area (Å²) in [6.45, 7) is 2.06. The maximum absolute atomic E-state index is 11.7. The summed E-state index contributed by atoms with van der Waals surface area (Å²) in [5, 5.41) is 5.97. The molecule has 7 heteroatoms. The highest BCUT2D eigenvalue weighted by molar-refractivity contribution is 5.92. The monoisotopic (exact) mass is 317 g/mol. The van der Waals surface area contributed by atoms with Crippen molar-refractivity contribution in [2.24, 2.45) is 0 Å². The highest BCUT2D eigenvalue weighted by Gasteiger charge is 2.11. The first-order chi connectivity index (χ1) is 10.9. The van der Waals surface area contributed by atoms with Crippen LogP contribution in [0.4, 0.5) is 5.69 Å². The standard InChI is InChI=1S/C16H19N3O4/c1-10(20)18-12-4-5-13-11(6-16(22)23-14(13)7-12)8-19(3)9-15(21)17-2/h4-7H,8-9H2,1-3H3,(H,17,21)(H,18,20). The zero-order chi connectivity index (χ0) is 17.0. The van der Waals surface area contributed by atoms with Gasteiger partial charge in [-0.1, -0.05) is 0 Å². The van der Waals surface area contributed by atoms with Gasteiger partial charge >= 0.3 is 5.63 Å². The number of hydrogen-bond acceptors (Lipinski definition) is 5. The first-order valence-corrected chi connectivity index (χ1v) is 7.12. The Kier molecular flexibility index (Phi) is 5.13. The van der Waals surface area contributed by atoms with E-state index in [2.05, 4.69) is 10.6 Å². The Morgan fingerprint density at radius 3 is 2.65 bits per heavy atom. The summed E-state index contributed by atoms with van der Waals surface area (Å²) in [6.07, 6.45) is 0. The lowest BCUT2D eigenvalue weighted by Crippen LogP contribution is -2.32. The van der Waals surface area contributed by atoms with E-state index in [9.17, 15) is 14.4 Å². The molecule has 2 N–H and O–H groups in total. The SMILES string of the molecule is CNC(=O)CN(C)Cc1cc(=O)oc2cc(NC(C)=O)ccc12. The van der Waals surface area contributed by atoms with Gasteiger partial charge < -0.3 is 15.1 Å². The highest BCUT2D eigenvalue weighted by atomic mass is 16.4. The molecule has 0 aliphatic rings. The van der Waals surface area contributed by atoms with E-state index < -0.39 is 5.63 Å². The van der Waals surface area contributed by atoms with Gasteiger partial charge in [0.1, 0.15) is 5.58 Å². The van der Waals surface area contributed by atoms with Crippen LogP contribution in [-0.4, -0.2) is 37.4 Å². The highest BCUT2D eigenvalue weighted by Crippen LogP contribution is 2.22. The van der Waals surface area contributed by atoms with Crippen LogP contribution < -0.4 is 16.3 Å². The fourth-order valence-corrected chi connectivity index (χ4v) is 2.31. The molecule has 2 amide bonds. The van der Waals surface area contributed by atoms with Crippen LogP contribution in [0.5, 0.6) is 0 Å². The molecule has 2 rings (SSSR count). The van der Waals surface area contributed by atoms with Crippen LogP contribution in [0, 0.1) is 0 Å². The normalized spacial score (nSPS) is 10.8. The van der Waals surface area contributed by atoms with Gasteiger partial charge in [-0.3, -0.25) is 14.5 Å². The quantitative estimate of drug-likeness (QED) is 0.801. The third-order valence-corrected chi connectivity index (χ3v) is 3.28. The third-order valence-electron chi connectivity index (χ3n) is 3.28. The lowest BCUT2D eigenvalue weighted by atomic mass is 10.1. The van der Waals surface area contributed by atoms with E-state index in [1.54, 1.807) is 37.2 Å². The average molecular weight is 317 g/mol. The van der Waals surface area contributed by atoms with Crippen molar-refractivity contribution >= 4 is 28.5 Å². The summed E-state index contributed by atoms with van der Waals surface area (Å²) in [7, 11) is 3.37. The average Bonchev–Trinajstić information content (AvgIpc) is 2.45. The van der Waals surface area contributed by atoms with Gasteiger partial charge in [0.15, 0.2) is 0 Å². The molecule has 0 radical (unpaired) electrons. The smallest absolute Gasteiger partial charge is 0.336 e. The van der Waals surface area contributed by atoms with Crippen molar-refractivity contribution in [1.82, 2.24) is 10.2 Å². The number of fused-ring (bicyclic) bond motifs is 1. The minimum Gasteiger partial charge on any atom is -0.423 e. The minimum atomic E-state index is -0.471. The molecule has 1 aromatic carbocycles. The summed E-state index contributed by atoms with van der Waals surface area (Å²) in [5.41, 5.74) is 1.24. The topological polar surface area (TPSA) is 91.7 Å². The molecule has 0 saturated heterocycles. The van der Waals surface area contributed by atoms with Crippen LogP contribution in [0.25, 0.3) is 11.0 Å². The Hall–Kier alpha value is -2.67. The van der Waals surface area contributed by atoms with Gasteiger partial charge in [-0.15, -0.1) is 0 Å². The molecule has 0 atom stereocenters. The maximum atomic E-state index is 11.7. The molecule has 1 heterocycles. The van der Waals surface area contributed by atoms with Gasteiger partial charge in [0, 0.05) is 43.7 Å². The second-order valence-corrected chi connectivity index (χ2v) is 5.33. The number of benzene rings is 1. The number of rotatable bonds is 5. The first-order valence-electron chi connectivity index (χ1n) is 7.12. The predicted octanol–water partition coefficient (Wildman–Crippen LogP) is 0.929. The Labute approximate surface area is 133 Å². The van der Waals surface area contributed by atoms with Crippen LogP contribution in [0.1, 0.15) is 12.5 Å². The van der Waals surface area contributed by atoms with Gasteiger partial charge in [0.05, 0.1) is 6.54 Å². The van der Waals surface area contributed by atoms with E-state index in [0.717, 1.165) is 10.9 Å². The van der Waals surface area contributed by atoms with E-state index in [1.807, 2.05) is 0 Å². The van der Waals surface area contributed by atoms with Gasteiger partial charge in [-0.2, -0.15) is 0 Å². The number of amides is 2. The molecule has 0 fully saturated rings. The molecule has 2 aromatic rings. The molecule has 0 aliphatic heterocycles. The summed E-state index contributed by atoms with van der Waals surface area (Å²) >= 11 is 0. The fraction of sp³-hybridized carbons (Fsp3) is 0.312. The lowest BCUT2D eigenvalue weighted by Gasteiger charge is -2.16. The van der Waals surface area contributed by atoms with Crippen LogP contribution in [0.2, 0.25) is 0 Å². The largest absolute Gasteiger partial charge is 0.423 e. The van der Waals surface area contributed by atoms with Crippen molar-refractivity contribution < 1.29 is 14.0 Å². The lowest BCUT2D eigenvalue weighted by molar-refractivity contribution is -0.121. The van der Waals surface area contributed by atoms with E-state index in [-0.39, 0.29) is 18.4 Å². The van der Waals surface area contributed by atoms with E-state index in [4.69, 9.17) is 4.42 Å². The molecule has 23 heavy (non-hydrogen) atoms. The molecule has 1 aromatic heterocycles. The van der Waals surface area contributed by atoms with E-state index in [1.165, 1.54) is 13.0 Å². The van der Waals surface area contributed by atoms with Crippen molar-refractivity contribution in [3.8, 4) is 0 Å². The number of carbonyl (C=O) groups excluding carboxylic acids is 2. The number of anilines is 1. The van der Waals surface area contributed by atoms with Crippen molar-refractivity contribution in [1.29, 1.82) is 0 Å². The Morgan fingerprint density at radius 1 is 1.26 bits per heavy atom. The number of hydrogen-bond donors (Lipinski definition) is 2. The second kappa shape index (κ2) is 7.06. The Morgan fingerprint density at radius 2 is 2.00 bits per heavy atom. The Bertz CT molecular complexity index is 798. The third kappa shape index (κ3) is 4.40. The van der Waals surface area contributed by atoms with Crippen molar-refractivity contribution in [3.63, 3.8) is 0 Å². The number of likely N-dealkylation sites (N-methyl/N-ethyl adjacent to an activating group) is 2. The van der Waals surface area contributed by atoms with Gasteiger partial charge in [-0.25, -0.2) is 4.79 Å². The second-order valence-electron chi connectivity index (χ2n) is 5.33. The van der Waals surface area contributed by atoms with Crippen LogP contribution >= 0.6 is 0 Å². The molecule has 0 spiro atoms. The molecule has 122 valence electrons. The molecule has 0 bridgehead atoms. The molecule has 0 saturated carbocycles. The van der Waals surface area contributed by atoms with Gasteiger partial charge in [-0.05, 0) is 24.7 Å². The number of carbonyl (C=O) groups is 2. The number of nitrogens with one attached hydrogen (secondary N) is 2. The first kappa shape index (κ1) is 16.7. The molecule has 0 aliphatic carbocycles. The van der Waals surface area contributed by atoms with Crippen molar-refractivity contribution in [2.45, 2.75) is 13.5 Å². The molecular formula is C16H19N3O4. The fourth-order valence-electron chi connectivity index (χ4n) is 2.31. The number of nitrogens with zero attached hydrogens (tertiary/aromatic N) is 1. The summed E-state index contributed by atoms with van der Waals surface area (Å²) < 4.78 is 5.20. The summed E-state index contributed by atoms with van der Waals surface area (Å²) in [6, 6.07) is 6.56. The van der Waals surface area contributed by atoms with Gasteiger partial charge in [0.25, 0.3) is 0 Å². The zero-order valence-corrected chi connectivity index (χ0v) is 13.3.